The lowest BCUT2D eigenvalue weighted by Crippen LogP contribution is -2.12. The number of carbonyl (C=O) groups is 1. The van der Waals surface area contributed by atoms with Gasteiger partial charge in [-0.1, -0.05) is 12.1 Å². The molecule has 5 rings (SSSR count). The first-order valence-corrected chi connectivity index (χ1v) is 8.60. The van der Waals surface area contributed by atoms with Gasteiger partial charge in [-0.05, 0) is 48.4 Å². The number of anilines is 1. The molecule has 0 saturated heterocycles. The zero-order valence-electron chi connectivity index (χ0n) is 14.5. The Hall–Kier alpha value is -3.80. The summed E-state index contributed by atoms with van der Waals surface area (Å²) in [5, 5.41) is 12.1. The Kier molecular flexibility index (Phi) is 3.36. The highest BCUT2D eigenvalue weighted by Gasteiger charge is 2.15. The number of amides is 1. The Morgan fingerprint density at radius 1 is 1.11 bits per heavy atom. The molecule has 3 aromatic heterocycles. The van der Waals surface area contributed by atoms with Crippen molar-refractivity contribution in [1.29, 1.82) is 0 Å². The molecular weight excluding hydrogens is 340 g/mol. The number of aromatic nitrogens is 3. The zero-order valence-corrected chi connectivity index (χ0v) is 14.5. The highest BCUT2D eigenvalue weighted by molar-refractivity contribution is 6.10. The van der Waals surface area contributed by atoms with Gasteiger partial charge in [0.05, 0.1) is 29.2 Å². The summed E-state index contributed by atoms with van der Waals surface area (Å²) < 4.78 is 5.25. The maximum absolute atomic E-state index is 12.7. The lowest BCUT2D eigenvalue weighted by Gasteiger charge is -2.10. The average molecular weight is 356 g/mol. The van der Waals surface area contributed by atoms with E-state index < -0.39 is 0 Å². The first kappa shape index (κ1) is 15.5. The second-order valence-electron chi connectivity index (χ2n) is 6.44. The van der Waals surface area contributed by atoms with Gasteiger partial charge in [0.1, 0.15) is 5.76 Å². The van der Waals surface area contributed by atoms with Crippen LogP contribution in [0, 0.1) is 6.92 Å². The van der Waals surface area contributed by atoms with Crippen LogP contribution < -0.4 is 5.32 Å². The Balaban J connectivity index is 1.65. The van der Waals surface area contributed by atoms with Crippen molar-refractivity contribution in [2.45, 2.75) is 6.92 Å². The van der Waals surface area contributed by atoms with Crippen LogP contribution in [0.15, 0.2) is 65.5 Å². The minimum atomic E-state index is -0.208. The van der Waals surface area contributed by atoms with Crippen LogP contribution in [0.4, 0.5) is 5.69 Å². The Morgan fingerprint density at radius 2 is 2.04 bits per heavy atom. The molecule has 0 unspecified atom stereocenters. The number of rotatable bonds is 3. The summed E-state index contributed by atoms with van der Waals surface area (Å²) in [7, 11) is 0. The molecule has 0 atom stereocenters. The van der Waals surface area contributed by atoms with Crippen molar-refractivity contribution in [3.8, 4) is 11.1 Å². The molecule has 6 heteroatoms. The molecule has 0 fully saturated rings. The predicted octanol–water partition coefficient (Wildman–Crippen LogP) is 4.86. The molecule has 1 amide bonds. The summed E-state index contributed by atoms with van der Waals surface area (Å²) in [5.41, 5.74) is 5.23. The van der Waals surface area contributed by atoms with Crippen molar-refractivity contribution >= 4 is 33.4 Å². The maximum atomic E-state index is 12.7. The van der Waals surface area contributed by atoms with E-state index in [2.05, 4.69) is 32.6 Å². The van der Waals surface area contributed by atoms with Gasteiger partial charge in [-0.25, -0.2) is 0 Å². The van der Waals surface area contributed by atoms with Crippen LogP contribution in [0.5, 0.6) is 0 Å². The van der Waals surface area contributed by atoms with E-state index in [9.17, 15) is 4.79 Å². The maximum Gasteiger partial charge on any atom is 0.259 e. The Labute approximate surface area is 154 Å². The fourth-order valence-electron chi connectivity index (χ4n) is 3.46. The highest BCUT2D eigenvalue weighted by atomic mass is 16.3. The number of carbonyl (C=O) groups excluding carboxylic acids is 1. The number of fused-ring (bicyclic) bond motifs is 2. The Morgan fingerprint density at radius 3 is 2.89 bits per heavy atom. The molecule has 0 aliphatic heterocycles. The minimum absolute atomic E-state index is 0.208. The predicted molar refractivity (Wildman–Crippen MR) is 105 cm³/mol. The number of hydrogen-bond acceptors (Lipinski definition) is 3. The van der Waals surface area contributed by atoms with Crippen LogP contribution in [-0.2, 0) is 0 Å². The summed E-state index contributed by atoms with van der Waals surface area (Å²) >= 11 is 0. The third-order valence-corrected chi connectivity index (χ3v) is 4.82. The van der Waals surface area contributed by atoms with E-state index in [0.29, 0.717) is 17.0 Å². The monoisotopic (exact) mass is 356 g/mol. The quantitative estimate of drug-likeness (QED) is 0.431. The third-order valence-electron chi connectivity index (χ3n) is 4.82. The van der Waals surface area contributed by atoms with Gasteiger partial charge in [-0.15, -0.1) is 0 Å². The zero-order chi connectivity index (χ0) is 18.4. The van der Waals surface area contributed by atoms with Gasteiger partial charge < -0.3 is 14.7 Å². The van der Waals surface area contributed by atoms with Crippen molar-refractivity contribution in [2.24, 2.45) is 0 Å². The number of H-pyrrole nitrogens is 2. The van der Waals surface area contributed by atoms with Crippen molar-refractivity contribution in [3.05, 3.63) is 72.4 Å². The van der Waals surface area contributed by atoms with Gasteiger partial charge in [-0.2, -0.15) is 5.10 Å². The lowest BCUT2D eigenvalue weighted by atomic mass is 9.99. The van der Waals surface area contributed by atoms with E-state index in [1.165, 1.54) is 6.26 Å². The Bertz CT molecular complexity index is 1290. The minimum Gasteiger partial charge on any atom is -0.469 e. The second kappa shape index (κ2) is 5.88. The molecule has 0 saturated carbocycles. The molecule has 2 aromatic carbocycles. The molecule has 27 heavy (non-hydrogen) atoms. The lowest BCUT2D eigenvalue weighted by molar-refractivity contribution is 0.102. The molecule has 0 bridgehead atoms. The number of benzene rings is 2. The van der Waals surface area contributed by atoms with Crippen molar-refractivity contribution in [1.82, 2.24) is 15.2 Å². The number of nitrogens with one attached hydrogen (secondary N) is 3. The molecule has 0 aliphatic rings. The first-order valence-electron chi connectivity index (χ1n) is 8.60. The van der Waals surface area contributed by atoms with Gasteiger partial charge in [-0.3, -0.25) is 9.89 Å². The van der Waals surface area contributed by atoms with Crippen molar-refractivity contribution in [2.75, 3.05) is 5.32 Å². The largest absolute Gasteiger partial charge is 0.469 e. The standard InChI is InChI=1S/C21H16N4O2/c1-12-14(6-8-27-12)21(26)24-19-9-13(10-20-17(19)11-23-25-20)15-3-2-4-18-16(15)5-7-22-18/h2-11,22H,1H3,(H,23,25)(H,24,26). The molecule has 0 radical (unpaired) electrons. The summed E-state index contributed by atoms with van der Waals surface area (Å²) in [5.74, 6) is 0.380. The molecular formula is C21H16N4O2. The summed E-state index contributed by atoms with van der Waals surface area (Å²) in [6.07, 6.45) is 5.15. The molecule has 3 N–H and O–H groups in total. The SMILES string of the molecule is Cc1occc1C(=O)Nc1cc(-c2cccc3[nH]ccc23)cc2[nH]ncc12. The van der Waals surface area contributed by atoms with Gasteiger partial charge in [0.2, 0.25) is 0 Å². The van der Waals surface area contributed by atoms with E-state index >= 15 is 0 Å². The van der Waals surface area contributed by atoms with Crippen molar-refractivity contribution < 1.29 is 9.21 Å². The van der Waals surface area contributed by atoms with E-state index in [1.807, 2.05) is 30.5 Å². The molecule has 6 nitrogen and oxygen atoms in total. The smallest absolute Gasteiger partial charge is 0.259 e. The number of furan rings is 1. The molecule has 0 spiro atoms. The number of aromatic amines is 2. The van der Waals surface area contributed by atoms with Gasteiger partial charge in [0, 0.05) is 22.5 Å². The second-order valence-corrected chi connectivity index (χ2v) is 6.44. The molecule has 3 heterocycles. The molecule has 0 aliphatic carbocycles. The average Bonchev–Trinajstić information content (AvgIpc) is 3.40. The van der Waals surface area contributed by atoms with E-state index in [1.54, 1.807) is 19.2 Å². The topological polar surface area (TPSA) is 86.7 Å². The number of hydrogen-bond donors (Lipinski definition) is 3. The summed E-state index contributed by atoms with van der Waals surface area (Å²) in [6.45, 7) is 1.77. The highest BCUT2D eigenvalue weighted by Crippen LogP contribution is 2.34. The van der Waals surface area contributed by atoms with Gasteiger partial charge in [0.25, 0.3) is 5.91 Å². The van der Waals surface area contributed by atoms with Crippen LogP contribution in [0.2, 0.25) is 0 Å². The van der Waals surface area contributed by atoms with Gasteiger partial charge >= 0.3 is 0 Å². The fourth-order valence-corrected chi connectivity index (χ4v) is 3.46. The number of aryl methyl sites for hydroxylation is 1. The van der Waals surface area contributed by atoms with Crippen LogP contribution in [0.3, 0.4) is 0 Å². The normalized spacial score (nSPS) is 11.3. The van der Waals surface area contributed by atoms with Crippen LogP contribution >= 0.6 is 0 Å². The van der Waals surface area contributed by atoms with E-state index in [-0.39, 0.29) is 5.91 Å². The number of nitrogens with zero attached hydrogens (tertiary/aromatic N) is 1. The first-order chi connectivity index (χ1) is 13.2. The van der Waals surface area contributed by atoms with Crippen LogP contribution in [0.25, 0.3) is 32.9 Å². The van der Waals surface area contributed by atoms with Gasteiger partial charge in [0.15, 0.2) is 0 Å². The summed E-state index contributed by atoms with van der Waals surface area (Å²) in [4.78, 5) is 15.9. The summed E-state index contributed by atoms with van der Waals surface area (Å²) in [6, 6.07) is 13.9. The van der Waals surface area contributed by atoms with Crippen LogP contribution in [-0.4, -0.2) is 21.1 Å². The molecule has 132 valence electrons. The van der Waals surface area contributed by atoms with E-state index in [4.69, 9.17) is 4.42 Å². The van der Waals surface area contributed by atoms with Crippen LogP contribution in [0.1, 0.15) is 16.1 Å². The fraction of sp³-hybridized carbons (Fsp3) is 0.0476. The van der Waals surface area contributed by atoms with Crippen molar-refractivity contribution in [3.63, 3.8) is 0 Å². The molecule has 5 aromatic rings. The van der Waals surface area contributed by atoms with E-state index in [0.717, 1.165) is 32.9 Å². The third kappa shape index (κ3) is 2.50.